The Hall–Kier alpha value is -4.21. The number of nitrogens with one attached hydrogen (secondary N) is 1. The van der Waals surface area contributed by atoms with E-state index in [0.29, 0.717) is 40.0 Å². The lowest BCUT2D eigenvalue weighted by Crippen LogP contribution is -2.07. The summed E-state index contributed by atoms with van der Waals surface area (Å²) in [6, 6.07) is 12.8. The molecule has 5 rings (SSSR count). The lowest BCUT2D eigenvalue weighted by molar-refractivity contribution is -0.137. The van der Waals surface area contributed by atoms with Gasteiger partial charge in [-0.25, -0.2) is 14.4 Å². The maximum atomic E-state index is 13.6. The number of aryl methyl sites for hydroxylation is 1. The van der Waals surface area contributed by atoms with Gasteiger partial charge < -0.3 is 14.1 Å². The molecule has 0 spiro atoms. The fourth-order valence-corrected chi connectivity index (χ4v) is 3.80. The Morgan fingerprint density at radius 1 is 1.09 bits per heavy atom. The highest BCUT2D eigenvalue weighted by Gasteiger charge is 2.31. The number of aromatic nitrogens is 4. The minimum absolute atomic E-state index is 0.0112. The quantitative estimate of drug-likeness (QED) is 0.250. The number of fused-ring (bicyclic) bond motifs is 2. The summed E-state index contributed by atoms with van der Waals surface area (Å²) in [7, 11) is 0. The van der Waals surface area contributed by atoms with Crippen molar-refractivity contribution < 1.29 is 27.1 Å². The first-order chi connectivity index (χ1) is 16.7. The highest BCUT2D eigenvalue weighted by Crippen LogP contribution is 2.31. The molecule has 35 heavy (non-hydrogen) atoms. The fraction of sp³-hybridized carbons (Fsp3) is 0.160. The first kappa shape index (κ1) is 22.6. The average Bonchev–Trinajstić information content (AvgIpc) is 3.41. The molecular formula is C25H18F4N4O2. The van der Waals surface area contributed by atoms with Crippen molar-refractivity contribution in [1.82, 2.24) is 19.4 Å². The average molecular weight is 482 g/mol. The number of pyridine rings is 1. The first-order valence-electron chi connectivity index (χ1n) is 10.6. The molecule has 0 bridgehead atoms. The van der Waals surface area contributed by atoms with E-state index in [4.69, 9.17) is 4.74 Å². The summed E-state index contributed by atoms with van der Waals surface area (Å²) in [6.45, 7) is 1.67. The number of rotatable bonds is 6. The van der Waals surface area contributed by atoms with Gasteiger partial charge in [0.1, 0.15) is 35.3 Å². The molecule has 0 fully saturated rings. The number of ketones is 1. The van der Waals surface area contributed by atoms with Crippen LogP contribution in [0.5, 0.6) is 5.75 Å². The molecule has 0 saturated heterocycles. The molecule has 0 aliphatic heterocycles. The number of Topliss-reactive ketones (excluding diaryl/α,β-unsaturated/α-hetero) is 1. The summed E-state index contributed by atoms with van der Waals surface area (Å²) in [6.07, 6.45) is -2.95. The Balaban J connectivity index is 1.31. The van der Waals surface area contributed by atoms with Gasteiger partial charge in [-0.3, -0.25) is 4.79 Å². The predicted molar refractivity (Wildman–Crippen MR) is 120 cm³/mol. The SMILES string of the molecule is Cc1cccc2nc(C(=O)Cc3nc4ccc(OCc5cc(F)cc(C(F)(F)F)c5)cc4[nH]3)cn12. The maximum Gasteiger partial charge on any atom is 0.416 e. The van der Waals surface area contributed by atoms with Gasteiger partial charge in [-0.05, 0) is 55.0 Å². The third kappa shape index (κ3) is 4.72. The zero-order chi connectivity index (χ0) is 24.7. The Morgan fingerprint density at radius 3 is 2.69 bits per heavy atom. The first-order valence-corrected chi connectivity index (χ1v) is 10.6. The molecule has 0 amide bonds. The van der Waals surface area contributed by atoms with Crippen LogP contribution in [0.15, 0.2) is 60.8 Å². The van der Waals surface area contributed by atoms with Crippen LogP contribution in [0.2, 0.25) is 0 Å². The lowest BCUT2D eigenvalue weighted by Gasteiger charge is -2.10. The van der Waals surface area contributed by atoms with Gasteiger partial charge in [-0.15, -0.1) is 0 Å². The van der Waals surface area contributed by atoms with Crippen LogP contribution in [0.25, 0.3) is 16.7 Å². The van der Waals surface area contributed by atoms with Crippen molar-refractivity contribution in [1.29, 1.82) is 0 Å². The van der Waals surface area contributed by atoms with Crippen molar-refractivity contribution in [3.63, 3.8) is 0 Å². The number of nitrogens with zero attached hydrogens (tertiary/aromatic N) is 3. The number of imidazole rings is 2. The number of benzene rings is 2. The van der Waals surface area contributed by atoms with Gasteiger partial charge in [-0.1, -0.05) is 6.07 Å². The second-order valence-electron chi connectivity index (χ2n) is 8.12. The molecular weight excluding hydrogens is 464 g/mol. The van der Waals surface area contributed by atoms with Crippen LogP contribution in [0, 0.1) is 12.7 Å². The number of hydrogen-bond acceptors (Lipinski definition) is 4. The number of aromatic amines is 1. The molecule has 0 atom stereocenters. The molecule has 5 aromatic rings. The predicted octanol–water partition coefficient (Wildman–Crippen LogP) is 5.68. The van der Waals surface area contributed by atoms with Crippen LogP contribution in [-0.2, 0) is 19.2 Å². The Kier molecular flexibility index (Phi) is 5.50. The van der Waals surface area contributed by atoms with Gasteiger partial charge in [0.05, 0.1) is 23.0 Å². The van der Waals surface area contributed by atoms with Crippen molar-refractivity contribution in [2.24, 2.45) is 0 Å². The van der Waals surface area contributed by atoms with Gasteiger partial charge in [0.2, 0.25) is 0 Å². The number of carbonyl (C=O) groups is 1. The number of carbonyl (C=O) groups excluding carboxylic acids is 1. The van der Waals surface area contributed by atoms with E-state index >= 15 is 0 Å². The molecule has 0 aliphatic carbocycles. The molecule has 0 radical (unpaired) electrons. The third-order valence-corrected chi connectivity index (χ3v) is 5.50. The van der Waals surface area contributed by atoms with Crippen molar-refractivity contribution in [3.05, 3.63) is 95.0 Å². The van der Waals surface area contributed by atoms with Crippen molar-refractivity contribution in [2.75, 3.05) is 0 Å². The van der Waals surface area contributed by atoms with Crippen LogP contribution in [0.4, 0.5) is 17.6 Å². The van der Waals surface area contributed by atoms with E-state index < -0.39 is 17.6 Å². The monoisotopic (exact) mass is 482 g/mol. The van der Waals surface area contributed by atoms with E-state index in [2.05, 4.69) is 15.0 Å². The van der Waals surface area contributed by atoms with Gasteiger partial charge in [0.25, 0.3) is 0 Å². The van der Waals surface area contributed by atoms with Gasteiger partial charge in [0.15, 0.2) is 5.78 Å². The molecule has 178 valence electrons. The molecule has 6 nitrogen and oxygen atoms in total. The highest BCUT2D eigenvalue weighted by atomic mass is 19.4. The second-order valence-corrected chi connectivity index (χ2v) is 8.12. The van der Waals surface area contributed by atoms with Crippen LogP contribution < -0.4 is 4.74 Å². The van der Waals surface area contributed by atoms with Gasteiger partial charge in [0, 0.05) is 18.0 Å². The van der Waals surface area contributed by atoms with E-state index in [9.17, 15) is 22.4 Å². The lowest BCUT2D eigenvalue weighted by atomic mass is 10.1. The van der Waals surface area contributed by atoms with E-state index in [1.807, 2.05) is 29.5 Å². The normalized spacial score (nSPS) is 11.9. The summed E-state index contributed by atoms with van der Waals surface area (Å²) in [4.78, 5) is 24.6. The number of alkyl halides is 3. The molecule has 3 heterocycles. The van der Waals surface area contributed by atoms with Gasteiger partial charge >= 0.3 is 6.18 Å². The van der Waals surface area contributed by atoms with Crippen LogP contribution >= 0.6 is 0 Å². The molecule has 1 N–H and O–H groups in total. The number of ether oxygens (including phenoxy) is 1. The highest BCUT2D eigenvalue weighted by molar-refractivity contribution is 5.96. The molecule has 0 unspecified atom stereocenters. The third-order valence-electron chi connectivity index (χ3n) is 5.50. The standard InChI is InChI=1S/C25H18F4N4O2/c1-14-3-2-4-24-32-21(12-33(14)24)22(34)11-23-30-19-6-5-18(10-20(19)31-23)35-13-15-7-16(25(27,28)29)9-17(26)8-15/h2-10,12H,11,13H2,1H3,(H,30,31). The number of hydrogen-bond donors (Lipinski definition) is 1. The maximum absolute atomic E-state index is 13.6. The number of H-pyrrole nitrogens is 1. The molecule has 2 aromatic carbocycles. The summed E-state index contributed by atoms with van der Waals surface area (Å²) < 4.78 is 59.7. The van der Waals surface area contributed by atoms with Crippen LogP contribution in [-0.4, -0.2) is 25.1 Å². The zero-order valence-corrected chi connectivity index (χ0v) is 18.4. The molecule has 3 aromatic heterocycles. The Bertz CT molecular complexity index is 1570. The zero-order valence-electron chi connectivity index (χ0n) is 18.4. The van der Waals surface area contributed by atoms with Gasteiger partial charge in [-0.2, -0.15) is 13.2 Å². The minimum atomic E-state index is -4.65. The van der Waals surface area contributed by atoms with Crippen LogP contribution in [0.1, 0.15) is 33.1 Å². The van der Waals surface area contributed by atoms with E-state index in [1.165, 1.54) is 0 Å². The van der Waals surface area contributed by atoms with E-state index in [1.54, 1.807) is 24.4 Å². The summed E-state index contributed by atoms with van der Waals surface area (Å²) in [5.41, 5.74) is 2.13. The molecule has 0 aliphatic rings. The second kappa shape index (κ2) is 8.53. The molecule has 10 heteroatoms. The Labute approximate surface area is 196 Å². The van der Waals surface area contributed by atoms with Crippen molar-refractivity contribution in [2.45, 2.75) is 26.1 Å². The Morgan fingerprint density at radius 2 is 1.91 bits per heavy atom. The fourth-order valence-electron chi connectivity index (χ4n) is 3.80. The van der Waals surface area contributed by atoms with Crippen LogP contribution in [0.3, 0.4) is 0 Å². The van der Waals surface area contributed by atoms with Crippen molar-refractivity contribution in [3.8, 4) is 5.75 Å². The topological polar surface area (TPSA) is 72.3 Å². The summed E-state index contributed by atoms with van der Waals surface area (Å²) >= 11 is 0. The minimum Gasteiger partial charge on any atom is -0.489 e. The smallest absolute Gasteiger partial charge is 0.416 e. The number of halogens is 4. The van der Waals surface area contributed by atoms with E-state index in [0.717, 1.165) is 17.8 Å². The van der Waals surface area contributed by atoms with Crippen molar-refractivity contribution >= 4 is 22.5 Å². The summed E-state index contributed by atoms with van der Waals surface area (Å²) in [5, 5.41) is 0. The van der Waals surface area contributed by atoms with E-state index in [-0.39, 0.29) is 24.4 Å². The summed E-state index contributed by atoms with van der Waals surface area (Å²) in [5.74, 6) is -0.392. The largest absolute Gasteiger partial charge is 0.489 e. The molecule has 0 saturated carbocycles.